The van der Waals surface area contributed by atoms with E-state index in [2.05, 4.69) is 33.1 Å². The number of hydrogen-bond donors (Lipinski definition) is 3. The van der Waals surface area contributed by atoms with E-state index in [1.807, 2.05) is 25.1 Å². The van der Waals surface area contributed by atoms with Gasteiger partial charge < -0.3 is 16.0 Å². The number of carbonyl (C=O) groups excluding carboxylic acids is 1. The minimum atomic E-state index is -2.97. The molecule has 1 amide bonds. The standard InChI is InChI=1S/C19H30N4O3S.HI/c1-2-20-19(21-12-6-9-16-7-4-3-5-8-16)22-13-10-18(24)23-17-11-14-27(25,26)15-17;/h3-5,7-8,17H,2,6,9-15H2,1H3,(H,23,24)(H2,20,21,22);1H. The lowest BCUT2D eigenvalue weighted by atomic mass is 10.1. The molecule has 3 N–H and O–H groups in total. The first kappa shape index (κ1) is 24.7. The molecular formula is C19H31IN4O3S. The van der Waals surface area contributed by atoms with Gasteiger partial charge in [0.25, 0.3) is 0 Å². The Hall–Kier alpha value is -1.36. The molecule has 1 saturated heterocycles. The molecule has 158 valence electrons. The Bertz CT molecular complexity index is 726. The molecule has 28 heavy (non-hydrogen) atoms. The fourth-order valence-electron chi connectivity index (χ4n) is 2.96. The number of sulfone groups is 1. The molecule has 0 radical (unpaired) electrons. The lowest BCUT2D eigenvalue weighted by Gasteiger charge is -2.13. The summed E-state index contributed by atoms with van der Waals surface area (Å²) in [5.74, 6) is 0.778. The molecule has 1 heterocycles. The van der Waals surface area contributed by atoms with Crippen LogP contribution in [0.5, 0.6) is 0 Å². The molecule has 2 rings (SSSR count). The van der Waals surface area contributed by atoms with Crippen molar-refractivity contribution in [2.24, 2.45) is 4.99 Å². The summed E-state index contributed by atoms with van der Waals surface area (Å²) in [5.41, 5.74) is 1.30. The van der Waals surface area contributed by atoms with Gasteiger partial charge in [-0.05, 0) is 31.7 Å². The summed E-state index contributed by atoms with van der Waals surface area (Å²) >= 11 is 0. The van der Waals surface area contributed by atoms with E-state index < -0.39 is 9.84 Å². The maximum Gasteiger partial charge on any atom is 0.222 e. The van der Waals surface area contributed by atoms with Gasteiger partial charge in [0, 0.05) is 32.1 Å². The molecule has 1 aliphatic heterocycles. The van der Waals surface area contributed by atoms with Crippen molar-refractivity contribution < 1.29 is 13.2 Å². The number of nitrogens with one attached hydrogen (secondary N) is 3. The average Bonchev–Trinajstić information content (AvgIpc) is 2.98. The zero-order chi connectivity index (χ0) is 19.5. The van der Waals surface area contributed by atoms with Gasteiger partial charge in [-0.1, -0.05) is 30.3 Å². The lowest BCUT2D eigenvalue weighted by molar-refractivity contribution is -0.121. The number of nitrogens with zero attached hydrogens (tertiary/aromatic N) is 1. The van der Waals surface area contributed by atoms with E-state index in [1.165, 1.54) is 5.56 Å². The zero-order valence-corrected chi connectivity index (χ0v) is 19.5. The Morgan fingerprint density at radius 1 is 1.21 bits per heavy atom. The van der Waals surface area contributed by atoms with E-state index in [9.17, 15) is 13.2 Å². The minimum absolute atomic E-state index is 0. The fourth-order valence-corrected chi connectivity index (χ4v) is 4.64. The summed E-state index contributed by atoms with van der Waals surface area (Å²) in [4.78, 5) is 16.5. The van der Waals surface area contributed by atoms with Crippen LogP contribution in [0.2, 0.25) is 0 Å². The summed E-state index contributed by atoms with van der Waals surface area (Å²) in [6.07, 6.45) is 2.73. The van der Waals surface area contributed by atoms with Gasteiger partial charge in [-0.15, -0.1) is 24.0 Å². The highest BCUT2D eigenvalue weighted by Crippen LogP contribution is 2.11. The molecule has 1 aromatic rings. The van der Waals surface area contributed by atoms with Crippen molar-refractivity contribution in [2.45, 2.75) is 38.6 Å². The van der Waals surface area contributed by atoms with Crippen LogP contribution in [0.4, 0.5) is 0 Å². The van der Waals surface area contributed by atoms with Gasteiger partial charge in [-0.3, -0.25) is 9.79 Å². The van der Waals surface area contributed by atoms with Crippen LogP contribution in [-0.2, 0) is 21.1 Å². The van der Waals surface area contributed by atoms with E-state index in [4.69, 9.17) is 0 Å². The maximum atomic E-state index is 12.0. The van der Waals surface area contributed by atoms with Gasteiger partial charge in [0.1, 0.15) is 0 Å². The molecule has 1 aromatic carbocycles. The number of aliphatic imine (C=N–C) groups is 1. The van der Waals surface area contributed by atoms with Gasteiger partial charge in [0.2, 0.25) is 5.91 Å². The third-order valence-electron chi connectivity index (χ3n) is 4.32. The summed E-state index contributed by atoms with van der Waals surface area (Å²) in [6.45, 7) is 3.90. The largest absolute Gasteiger partial charge is 0.357 e. The highest BCUT2D eigenvalue weighted by molar-refractivity contribution is 14.0. The van der Waals surface area contributed by atoms with Crippen LogP contribution in [0.3, 0.4) is 0 Å². The van der Waals surface area contributed by atoms with Crippen molar-refractivity contribution in [1.29, 1.82) is 0 Å². The Balaban J connectivity index is 0.00000392. The van der Waals surface area contributed by atoms with Crippen LogP contribution in [0.1, 0.15) is 31.7 Å². The predicted octanol–water partition coefficient (Wildman–Crippen LogP) is 1.49. The number of benzene rings is 1. The smallest absolute Gasteiger partial charge is 0.222 e. The number of rotatable bonds is 9. The Labute approximate surface area is 185 Å². The molecular weight excluding hydrogens is 491 g/mol. The molecule has 7 nitrogen and oxygen atoms in total. The number of aryl methyl sites for hydroxylation is 1. The molecule has 0 spiro atoms. The van der Waals surface area contributed by atoms with Crippen LogP contribution in [-0.4, -0.2) is 57.5 Å². The molecule has 9 heteroatoms. The Morgan fingerprint density at radius 2 is 1.96 bits per heavy atom. The number of hydrogen-bond acceptors (Lipinski definition) is 4. The summed E-state index contributed by atoms with van der Waals surface area (Å²) < 4.78 is 22.9. The van der Waals surface area contributed by atoms with Crippen molar-refractivity contribution in [1.82, 2.24) is 16.0 Å². The average molecular weight is 522 g/mol. The highest BCUT2D eigenvalue weighted by Gasteiger charge is 2.28. The molecule has 0 aromatic heterocycles. The molecule has 1 fully saturated rings. The van der Waals surface area contributed by atoms with Crippen molar-refractivity contribution in [3.05, 3.63) is 35.9 Å². The van der Waals surface area contributed by atoms with E-state index in [0.29, 0.717) is 25.5 Å². The first-order valence-electron chi connectivity index (χ1n) is 9.54. The van der Waals surface area contributed by atoms with E-state index in [1.54, 1.807) is 0 Å². The first-order chi connectivity index (χ1) is 13.0. The van der Waals surface area contributed by atoms with Gasteiger partial charge >= 0.3 is 0 Å². The molecule has 1 atom stereocenters. The maximum absolute atomic E-state index is 12.0. The number of carbonyl (C=O) groups is 1. The normalized spacial score (nSPS) is 18.2. The second-order valence-corrected chi connectivity index (χ2v) is 8.92. The van der Waals surface area contributed by atoms with Gasteiger partial charge in [0.05, 0.1) is 11.5 Å². The molecule has 1 unspecified atom stereocenters. The van der Waals surface area contributed by atoms with Crippen molar-refractivity contribution >= 4 is 45.7 Å². The van der Waals surface area contributed by atoms with E-state index >= 15 is 0 Å². The van der Waals surface area contributed by atoms with Crippen molar-refractivity contribution in [3.63, 3.8) is 0 Å². The number of guanidine groups is 1. The molecule has 0 aliphatic carbocycles. The Kier molecular flexibility index (Phi) is 11.4. The predicted molar refractivity (Wildman–Crippen MR) is 124 cm³/mol. The van der Waals surface area contributed by atoms with Crippen molar-refractivity contribution in [3.8, 4) is 0 Å². The quantitative estimate of drug-likeness (QED) is 0.198. The summed E-state index contributed by atoms with van der Waals surface area (Å²) in [6, 6.07) is 10.1. The highest BCUT2D eigenvalue weighted by atomic mass is 127. The lowest BCUT2D eigenvalue weighted by Crippen LogP contribution is -2.41. The van der Waals surface area contributed by atoms with Crippen LogP contribution in [0, 0.1) is 0 Å². The van der Waals surface area contributed by atoms with Crippen LogP contribution >= 0.6 is 24.0 Å². The number of amides is 1. The monoisotopic (exact) mass is 522 g/mol. The van der Waals surface area contributed by atoms with Crippen LogP contribution in [0.25, 0.3) is 0 Å². The van der Waals surface area contributed by atoms with E-state index in [0.717, 1.165) is 19.4 Å². The van der Waals surface area contributed by atoms with Gasteiger partial charge in [-0.25, -0.2) is 8.42 Å². The topological polar surface area (TPSA) is 99.7 Å². The van der Waals surface area contributed by atoms with Crippen molar-refractivity contribution in [2.75, 3.05) is 31.1 Å². The van der Waals surface area contributed by atoms with Gasteiger partial charge in [-0.2, -0.15) is 0 Å². The zero-order valence-electron chi connectivity index (χ0n) is 16.3. The SMILES string of the molecule is CCNC(=NCCCc1ccccc1)NCCC(=O)NC1CCS(=O)(=O)C1.I. The van der Waals surface area contributed by atoms with Crippen LogP contribution < -0.4 is 16.0 Å². The molecule has 0 bridgehead atoms. The second-order valence-electron chi connectivity index (χ2n) is 6.69. The van der Waals surface area contributed by atoms with E-state index in [-0.39, 0.29) is 53.9 Å². The Morgan fingerprint density at radius 3 is 2.61 bits per heavy atom. The third-order valence-corrected chi connectivity index (χ3v) is 6.09. The fraction of sp³-hybridized carbons (Fsp3) is 0.579. The van der Waals surface area contributed by atoms with Gasteiger partial charge in [0.15, 0.2) is 15.8 Å². The third kappa shape index (κ3) is 9.72. The van der Waals surface area contributed by atoms with Crippen LogP contribution in [0.15, 0.2) is 35.3 Å². The molecule has 0 saturated carbocycles. The summed E-state index contributed by atoms with van der Waals surface area (Å²) in [7, 11) is -2.97. The minimum Gasteiger partial charge on any atom is -0.357 e. The first-order valence-corrected chi connectivity index (χ1v) is 11.4. The second kappa shape index (κ2) is 13.0. The molecule has 1 aliphatic rings. The number of halogens is 1. The summed E-state index contributed by atoms with van der Waals surface area (Å²) in [5, 5.41) is 9.11.